The van der Waals surface area contributed by atoms with Crippen LogP contribution in [0.15, 0.2) is 0 Å². The summed E-state index contributed by atoms with van der Waals surface area (Å²) in [6.45, 7) is 6.71. The Kier molecular flexibility index (Phi) is 4.94. The van der Waals surface area contributed by atoms with Gasteiger partial charge in [0, 0.05) is 0 Å². The predicted octanol–water partition coefficient (Wildman–Crippen LogP) is 3.61. The van der Waals surface area contributed by atoms with Gasteiger partial charge in [0.1, 0.15) is 0 Å². The van der Waals surface area contributed by atoms with Crippen molar-refractivity contribution in [3.63, 3.8) is 0 Å². The summed E-state index contributed by atoms with van der Waals surface area (Å²) < 4.78 is 0. The molecular weight excluding hydrogens is 172 g/mol. The van der Waals surface area contributed by atoms with Crippen LogP contribution in [-0.4, -0.2) is 11.2 Å². The molecule has 0 spiro atoms. The molecule has 0 aromatic rings. The van der Waals surface area contributed by atoms with Gasteiger partial charge in [-0.3, -0.25) is 0 Å². The second kappa shape index (κ2) is 5.75. The van der Waals surface area contributed by atoms with Crippen LogP contribution in [0.4, 0.5) is 0 Å². The van der Waals surface area contributed by atoms with Crippen molar-refractivity contribution in [3.05, 3.63) is 0 Å². The van der Waals surface area contributed by atoms with Crippen molar-refractivity contribution in [2.45, 2.75) is 65.4 Å². The zero-order valence-electron chi connectivity index (χ0n) is 10.00. The zero-order valence-corrected chi connectivity index (χ0v) is 10.00. The lowest BCUT2D eigenvalue weighted by Gasteiger charge is -2.38. The van der Waals surface area contributed by atoms with Crippen LogP contribution in [0.1, 0.15) is 59.3 Å². The van der Waals surface area contributed by atoms with Crippen molar-refractivity contribution in [2.75, 3.05) is 0 Å². The molecule has 0 radical (unpaired) electrons. The van der Waals surface area contributed by atoms with Gasteiger partial charge in [0.2, 0.25) is 0 Å². The zero-order chi connectivity index (χ0) is 10.6. The molecular formula is C13H26O. The highest BCUT2D eigenvalue weighted by molar-refractivity contribution is 4.84. The molecule has 1 rings (SSSR count). The average Bonchev–Trinajstić information content (AvgIpc) is 2.20. The Hall–Kier alpha value is -0.0400. The molecule has 1 heteroatoms. The molecule has 0 heterocycles. The first-order valence-corrected chi connectivity index (χ1v) is 6.40. The second-order valence-corrected chi connectivity index (χ2v) is 4.95. The fraction of sp³-hybridized carbons (Fsp3) is 1.00. The second-order valence-electron chi connectivity index (χ2n) is 4.95. The van der Waals surface area contributed by atoms with E-state index < -0.39 is 0 Å². The van der Waals surface area contributed by atoms with Crippen LogP contribution >= 0.6 is 0 Å². The van der Waals surface area contributed by atoms with Gasteiger partial charge >= 0.3 is 0 Å². The third kappa shape index (κ3) is 2.73. The fourth-order valence-corrected chi connectivity index (χ4v) is 3.08. The van der Waals surface area contributed by atoms with E-state index in [1.54, 1.807) is 0 Å². The van der Waals surface area contributed by atoms with E-state index in [1.807, 2.05) is 0 Å². The highest BCUT2D eigenvalue weighted by Gasteiger charge is 2.34. The molecule has 0 bridgehead atoms. The molecule has 0 saturated heterocycles. The highest BCUT2D eigenvalue weighted by Crippen LogP contribution is 2.38. The quantitative estimate of drug-likeness (QED) is 0.731. The van der Waals surface area contributed by atoms with Gasteiger partial charge in [0.15, 0.2) is 0 Å². The Morgan fingerprint density at radius 3 is 1.86 bits per heavy atom. The molecule has 14 heavy (non-hydrogen) atoms. The van der Waals surface area contributed by atoms with Gasteiger partial charge in [-0.05, 0) is 30.6 Å². The molecule has 1 saturated carbocycles. The van der Waals surface area contributed by atoms with Gasteiger partial charge < -0.3 is 5.11 Å². The minimum Gasteiger partial charge on any atom is -0.393 e. The Balaban J connectivity index is 2.53. The van der Waals surface area contributed by atoms with E-state index in [1.165, 1.54) is 25.7 Å². The number of aliphatic hydroxyl groups is 1. The lowest BCUT2D eigenvalue weighted by molar-refractivity contribution is -0.00858. The Morgan fingerprint density at radius 1 is 1.00 bits per heavy atom. The normalized spacial score (nSPS) is 38.6. The fourth-order valence-electron chi connectivity index (χ4n) is 3.08. The average molecular weight is 198 g/mol. The molecule has 0 aromatic heterocycles. The molecule has 1 aliphatic rings. The number of aliphatic hydroxyl groups excluding tert-OH is 1. The highest BCUT2D eigenvalue weighted by atomic mass is 16.3. The predicted molar refractivity (Wildman–Crippen MR) is 61.2 cm³/mol. The van der Waals surface area contributed by atoms with Crippen LogP contribution in [0.5, 0.6) is 0 Å². The Bertz CT molecular complexity index is 141. The van der Waals surface area contributed by atoms with E-state index in [2.05, 4.69) is 20.8 Å². The maximum atomic E-state index is 10.1. The molecule has 1 fully saturated rings. The molecule has 0 aromatic carbocycles. The molecule has 0 aliphatic heterocycles. The van der Waals surface area contributed by atoms with Crippen molar-refractivity contribution in [3.8, 4) is 0 Å². The van der Waals surface area contributed by atoms with Crippen molar-refractivity contribution in [1.82, 2.24) is 0 Å². The molecule has 84 valence electrons. The van der Waals surface area contributed by atoms with E-state index in [0.717, 1.165) is 18.8 Å². The number of hydrogen-bond donors (Lipinski definition) is 1. The first kappa shape index (κ1) is 12.0. The summed E-state index contributed by atoms with van der Waals surface area (Å²) in [5.74, 6) is 2.04. The largest absolute Gasteiger partial charge is 0.393 e. The topological polar surface area (TPSA) is 20.2 Å². The van der Waals surface area contributed by atoms with Crippen LogP contribution in [-0.2, 0) is 0 Å². The van der Waals surface area contributed by atoms with Gasteiger partial charge in [-0.2, -0.15) is 0 Å². The summed E-state index contributed by atoms with van der Waals surface area (Å²) >= 11 is 0. The van der Waals surface area contributed by atoms with Gasteiger partial charge in [0.05, 0.1) is 6.10 Å². The number of hydrogen-bond acceptors (Lipinski definition) is 1. The summed E-state index contributed by atoms with van der Waals surface area (Å²) in [5, 5.41) is 10.1. The maximum Gasteiger partial charge on any atom is 0.0596 e. The van der Waals surface area contributed by atoms with E-state index in [-0.39, 0.29) is 6.10 Å². The van der Waals surface area contributed by atoms with Gasteiger partial charge in [0.25, 0.3) is 0 Å². The van der Waals surface area contributed by atoms with Crippen LogP contribution in [0.25, 0.3) is 0 Å². The third-order valence-corrected chi connectivity index (χ3v) is 3.98. The van der Waals surface area contributed by atoms with Crippen molar-refractivity contribution < 1.29 is 5.11 Å². The lowest BCUT2D eigenvalue weighted by atomic mass is 9.70. The molecule has 2 unspecified atom stereocenters. The SMILES string of the molecule is CCCC1CC(CC)C(O)C(CC)C1. The van der Waals surface area contributed by atoms with Crippen LogP contribution in [0.3, 0.4) is 0 Å². The molecule has 1 aliphatic carbocycles. The van der Waals surface area contributed by atoms with E-state index in [4.69, 9.17) is 0 Å². The number of rotatable bonds is 4. The molecule has 1 nitrogen and oxygen atoms in total. The minimum atomic E-state index is -0.0156. The first-order chi connectivity index (χ1) is 6.72. The van der Waals surface area contributed by atoms with E-state index in [0.29, 0.717) is 11.8 Å². The van der Waals surface area contributed by atoms with Crippen LogP contribution in [0, 0.1) is 17.8 Å². The summed E-state index contributed by atoms with van der Waals surface area (Å²) in [6.07, 6.45) is 7.48. The molecule has 0 amide bonds. The smallest absolute Gasteiger partial charge is 0.0596 e. The summed E-state index contributed by atoms with van der Waals surface area (Å²) in [4.78, 5) is 0. The van der Waals surface area contributed by atoms with Crippen molar-refractivity contribution in [1.29, 1.82) is 0 Å². The van der Waals surface area contributed by atoms with Crippen LogP contribution in [0.2, 0.25) is 0 Å². The first-order valence-electron chi connectivity index (χ1n) is 6.40. The summed E-state index contributed by atoms with van der Waals surface area (Å²) in [7, 11) is 0. The molecule has 1 N–H and O–H groups in total. The minimum absolute atomic E-state index is 0.0156. The Morgan fingerprint density at radius 2 is 1.50 bits per heavy atom. The summed E-state index contributed by atoms with van der Waals surface area (Å²) in [5.41, 5.74) is 0. The van der Waals surface area contributed by atoms with Crippen LogP contribution < -0.4 is 0 Å². The van der Waals surface area contributed by atoms with Gasteiger partial charge in [-0.15, -0.1) is 0 Å². The van der Waals surface area contributed by atoms with Gasteiger partial charge in [-0.25, -0.2) is 0 Å². The van der Waals surface area contributed by atoms with Crippen molar-refractivity contribution >= 4 is 0 Å². The third-order valence-electron chi connectivity index (χ3n) is 3.98. The summed E-state index contributed by atoms with van der Waals surface area (Å²) in [6, 6.07) is 0. The molecule has 2 atom stereocenters. The van der Waals surface area contributed by atoms with E-state index in [9.17, 15) is 5.11 Å². The monoisotopic (exact) mass is 198 g/mol. The van der Waals surface area contributed by atoms with Gasteiger partial charge in [-0.1, -0.05) is 46.5 Å². The van der Waals surface area contributed by atoms with Crippen molar-refractivity contribution in [2.24, 2.45) is 17.8 Å². The lowest BCUT2D eigenvalue weighted by Crippen LogP contribution is -2.36. The maximum absolute atomic E-state index is 10.1. The Labute approximate surface area is 88.9 Å². The van der Waals surface area contributed by atoms with E-state index >= 15 is 0 Å². The standard InChI is InChI=1S/C13H26O/c1-4-7-10-8-11(5-2)13(14)12(6-3)9-10/h10-14H,4-9H2,1-3H3.